The summed E-state index contributed by atoms with van der Waals surface area (Å²) in [6.07, 6.45) is 2.91. The first-order valence-corrected chi connectivity index (χ1v) is 5.28. The van der Waals surface area contributed by atoms with E-state index in [0.717, 1.165) is 12.8 Å². The number of benzene rings is 1. The van der Waals surface area contributed by atoms with Crippen molar-refractivity contribution in [3.8, 4) is 0 Å². The molecule has 0 saturated heterocycles. The van der Waals surface area contributed by atoms with Crippen LogP contribution in [0.1, 0.15) is 44.6 Å². The summed E-state index contributed by atoms with van der Waals surface area (Å²) in [7, 11) is 0. The fraction of sp³-hybridized carbons (Fsp3) is 0.462. The SMILES string of the molecule is CCC[C@@H](CC(C)=O)c1ccccc1. The lowest BCUT2D eigenvalue weighted by molar-refractivity contribution is -0.117. The quantitative estimate of drug-likeness (QED) is 0.694. The Bertz CT molecular complexity index is 277. The molecule has 0 fully saturated rings. The van der Waals surface area contributed by atoms with Gasteiger partial charge in [-0.3, -0.25) is 0 Å². The smallest absolute Gasteiger partial charge is 0.130 e. The zero-order chi connectivity index (χ0) is 10.4. The van der Waals surface area contributed by atoms with Gasteiger partial charge in [0.05, 0.1) is 0 Å². The van der Waals surface area contributed by atoms with Crippen LogP contribution in [0.15, 0.2) is 30.3 Å². The summed E-state index contributed by atoms with van der Waals surface area (Å²) in [5.74, 6) is 0.700. The number of ketones is 1. The molecule has 76 valence electrons. The fourth-order valence-corrected chi connectivity index (χ4v) is 1.81. The van der Waals surface area contributed by atoms with Gasteiger partial charge in [0.15, 0.2) is 0 Å². The van der Waals surface area contributed by atoms with Gasteiger partial charge in [-0.25, -0.2) is 0 Å². The molecule has 14 heavy (non-hydrogen) atoms. The van der Waals surface area contributed by atoms with Gasteiger partial charge < -0.3 is 4.79 Å². The highest BCUT2D eigenvalue weighted by atomic mass is 16.1. The fourth-order valence-electron chi connectivity index (χ4n) is 1.81. The normalized spacial score (nSPS) is 12.4. The van der Waals surface area contributed by atoms with Crippen molar-refractivity contribution in [2.24, 2.45) is 0 Å². The zero-order valence-corrected chi connectivity index (χ0v) is 8.99. The molecule has 0 radical (unpaired) electrons. The van der Waals surface area contributed by atoms with E-state index in [9.17, 15) is 4.79 Å². The van der Waals surface area contributed by atoms with Gasteiger partial charge >= 0.3 is 0 Å². The van der Waals surface area contributed by atoms with E-state index in [1.165, 1.54) is 5.56 Å². The first kappa shape index (κ1) is 11.0. The van der Waals surface area contributed by atoms with Gasteiger partial charge in [-0.15, -0.1) is 0 Å². The van der Waals surface area contributed by atoms with E-state index in [1.54, 1.807) is 6.92 Å². The van der Waals surface area contributed by atoms with Crippen molar-refractivity contribution >= 4 is 5.78 Å². The minimum atomic E-state index is 0.285. The number of hydrogen-bond donors (Lipinski definition) is 0. The summed E-state index contributed by atoms with van der Waals surface area (Å²) in [5.41, 5.74) is 1.30. The number of carbonyl (C=O) groups excluding carboxylic acids is 1. The van der Waals surface area contributed by atoms with Gasteiger partial charge in [-0.1, -0.05) is 43.7 Å². The second-order valence-electron chi connectivity index (χ2n) is 3.80. The molecule has 0 aromatic heterocycles. The molecule has 0 bridgehead atoms. The molecule has 1 heteroatoms. The van der Waals surface area contributed by atoms with Crippen molar-refractivity contribution < 1.29 is 4.79 Å². The third kappa shape index (κ3) is 3.33. The number of carbonyl (C=O) groups is 1. The van der Waals surface area contributed by atoms with Gasteiger partial charge in [0.1, 0.15) is 5.78 Å². The van der Waals surface area contributed by atoms with Crippen LogP contribution >= 0.6 is 0 Å². The van der Waals surface area contributed by atoms with Crippen LogP contribution in [0.2, 0.25) is 0 Å². The predicted molar refractivity (Wildman–Crippen MR) is 59.4 cm³/mol. The summed E-state index contributed by atoms with van der Waals surface area (Å²) in [4.78, 5) is 11.1. The number of rotatable bonds is 5. The Kier molecular flexibility index (Phi) is 4.37. The van der Waals surface area contributed by atoms with Crippen LogP contribution in [-0.2, 0) is 4.79 Å². The van der Waals surface area contributed by atoms with Gasteiger partial charge in [0.2, 0.25) is 0 Å². The van der Waals surface area contributed by atoms with E-state index < -0.39 is 0 Å². The molecular weight excluding hydrogens is 172 g/mol. The van der Waals surface area contributed by atoms with Crippen LogP contribution in [0.3, 0.4) is 0 Å². The molecule has 0 N–H and O–H groups in total. The molecule has 1 aromatic rings. The third-order valence-electron chi connectivity index (χ3n) is 2.44. The standard InChI is InChI=1S/C13H18O/c1-3-7-13(10-11(2)14)12-8-5-4-6-9-12/h4-6,8-9,13H,3,7,10H2,1-2H3/t13-/m0/s1. The maximum absolute atomic E-state index is 11.1. The van der Waals surface area contributed by atoms with Crippen LogP contribution in [0.25, 0.3) is 0 Å². The first-order chi connectivity index (χ1) is 6.74. The molecule has 0 aliphatic rings. The van der Waals surface area contributed by atoms with Crippen molar-refractivity contribution in [2.45, 2.75) is 39.0 Å². The minimum Gasteiger partial charge on any atom is -0.300 e. The van der Waals surface area contributed by atoms with Crippen molar-refractivity contribution in [1.82, 2.24) is 0 Å². The Hall–Kier alpha value is -1.11. The first-order valence-electron chi connectivity index (χ1n) is 5.28. The molecule has 0 amide bonds. The Balaban J connectivity index is 2.72. The Labute approximate surface area is 86.1 Å². The highest BCUT2D eigenvalue weighted by molar-refractivity contribution is 5.76. The van der Waals surface area contributed by atoms with Gasteiger partial charge in [0.25, 0.3) is 0 Å². The average Bonchev–Trinajstić information content (AvgIpc) is 2.18. The summed E-state index contributed by atoms with van der Waals surface area (Å²) < 4.78 is 0. The Morgan fingerprint density at radius 3 is 2.43 bits per heavy atom. The lowest BCUT2D eigenvalue weighted by Crippen LogP contribution is -2.03. The van der Waals surface area contributed by atoms with Gasteiger partial charge in [0, 0.05) is 6.42 Å². The van der Waals surface area contributed by atoms with Crippen LogP contribution in [0.5, 0.6) is 0 Å². The summed E-state index contributed by atoms with van der Waals surface area (Å²) in [5, 5.41) is 0. The molecule has 0 heterocycles. The van der Waals surface area contributed by atoms with Crippen LogP contribution in [0, 0.1) is 0 Å². The predicted octanol–water partition coefficient (Wildman–Crippen LogP) is 3.55. The summed E-state index contributed by atoms with van der Waals surface area (Å²) >= 11 is 0. The average molecular weight is 190 g/mol. The highest BCUT2D eigenvalue weighted by Gasteiger charge is 2.11. The van der Waals surface area contributed by atoms with E-state index in [0.29, 0.717) is 12.3 Å². The highest BCUT2D eigenvalue weighted by Crippen LogP contribution is 2.24. The summed E-state index contributed by atoms with van der Waals surface area (Å²) in [6.45, 7) is 3.83. The topological polar surface area (TPSA) is 17.1 Å². The lowest BCUT2D eigenvalue weighted by atomic mass is 9.90. The van der Waals surface area contributed by atoms with Crippen molar-refractivity contribution in [3.05, 3.63) is 35.9 Å². The van der Waals surface area contributed by atoms with E-state index in [4.69, 9.17) is 0 Å². The molecule has 0 saturated carbocycles. The third-order valence-corrected chi connectivity index (χ3v) is 2.44. The second kappa shape index (κ2) is 5.58. The van der Waals surface area contributed by atoms with Crippen molar-refractivity contribution in [1.29, 1.82) is 0 Å². The maximum atomic E-state index is 11.1. The lowest BCUT2D eigenvalue weighted by Gasteiger charge is -2.14. The monoisotopic (exact) mass is 190 g/mol. The Morgan fingerprint density at radius 2 is 1.93 bits per heavy atom. The Morgan fingerprint density at radius 1 is 1.29 bits per heavy atom. The minimum absolute atomic E-state index is 0.285. The zero-order valence-electron chi connectivity index (χ0n) is 8.99. The molecule has 1 rings (SSSR count). The molecule has 0 unspecified atom stereocenters. The van der Waals surface area contributed by atoms with E-state index in [-0.39, 0.29) is 5.78 Å². The van der Waals surface area contributed by atoms with Gasteiger partial charge in [-0.2, -0.15) is 0 Å². The van der Waals surface area contributed by atoms with Gasteiger partial charge in [-0.05, 0) is 24.8 Å². The van der Waals surface area contributed by atoms with E-state index in [2.05, 4.69) is 19.1 Å². The van der Waals surface area contributed by atoms with Crippen LogP contribution < -0.4 is 0 Å². The number of hydrogen-bond acceptors (Lipinski definition) is 1. The molecule has 0 aliphatic carbocycles. The number of Topliss-reactive ketones (excluding diaryl/α,β-unsaturated/α-hetero) is 1. The molecule has 1 aromatic carbocycles. The molecule has 0 spiro atoms. The molecule has 1 nitrogen and oxygen atoms in total. The van der Waals surface area contributed by atoms with Crippen LogP contribution in [-0.4, -0.2) is 5.78 Å². The largest absolute Gasteiger partial charge is 0.300 e. The van der Waals surface area contributed by atoms with Crippen molar-refractivity contribution in [2.75, 3.05) is 0 Å². The summed E-state index contributed by atoms with van der Waals surface area (Å²) in [6, 6.07) is 10.3. The van der Waals surface area contributed by atoms with Crippen LogP contribution in [0.4, 0.5) is 0 Å². The molecular formula is C13H18O. The molecule has 1 atom stereocenters. The molecule has 0 aliphatic heterocycles. The van der Waals surface area contributed by atoms with Crippen molar-refractivity contribution in [3.63, 3.8) is 0 Å². The second-order valence-corrected chi connectivity index (χ2v) is 3.80. The van der Waals surface area contributed by atoms with E-state index >= 15 is 0 Å². The van der Waals surface area contributed by atoms with E-state index in [1.807, 2.05) is 18.2 Å². The maximum Gasteiger partial charge on any atom is 0.130 e.